The molecule has 2 fully saturated rings. The predicted molar refractivity (Wildman–Crippen MR) is 546 cm³/mol. The highest BCUT2D eigenvalue weighted by Gasteiger charge is 2.40. The first-order chi connectivity index (χ1) is 66.1. The smallest absolute Gasteiger partial charge is 0.407 e. The molecule has 4 heterocycles. The van der Waals surface area contributed by atoms with E-state index >= 15 is 0 Å². The van der Waals surface area contributed by atoms with Crippen molar-refractivity contribution in [1.82, 2.24) is 21.3 Å². The lowest BCUT2D eigenvalue weighted by molar-refractivity contribution is -0.121. The molecule has 28 nitrogen and oxygen atoms in total. The largest absolute Gasteiger partial charge is 0.447 e. The predicted octanol–water partition coefficient (Wildman–Crippen LogP) is 22.7. The SMILES string of the molecule is CC(=O)N1c2ccc(-c3cccc(NC(=O)C(C)C)c3)cc2[C@H](NC(=O)OC(C)C)C[C@@H]1C.CC(=O)N1c2ccc(-c3cccc(NC(=O)C4CC4)c3)cc2[C@H](NC(=O)OC(C)C)C[C@@H]1C.CC(=O)N1c2ccc(-c3cccc(NC(=O)C4CCCCC4)c3)cc2[C@H](NC(=O)OC(C)C)C[C@@H]1C.CC(=O)N1c2ccc(-c3cccc(NC(=O)c4ccc(C)cc4)c3)cc2[C@H](NC(=O)OC(C)C)C[C@@H]1C. The Morgan fingerprint density at radius 2 is 0.561 bits per heavy atom. The number of benzene rings is 9. The molecule has 28 heteroatoms. The lowest BCUT2D eigenvalue weighted by atomic mass is 9.88. The van der Waals surface area contributed by atoms with Gasteiger partial charge in [0.05, 0.1) is 48.6 Å². The zero-order valence-corrected chi connectivity index (χ0v) is 83.2. The molecule has 8 N–H and O–H groups in total. The van der Waals surface area contributed by atoms with Crippen LogP contribution in [-0.2, 0) is 52.5 Å². The van der Waals surface area contributed by atoms with Crippen LogP contribution in [-0.4, -0.2) is 120 Å². The second-order valence-electron chi connectivity index (χ2n) is 38.5. The van der Waals surface area contributed by atoms with E-state index in [9.17, 15) is 57.5 Å². The van der Waals surface area contributed by atoms with Gasteiger partial charge in [-0.25, -0.2) is 19.2 Å². The number of fused-ring (bicyclic) bond motifs is 4. The number of nitrogens with one attached hydrogen (secondary N) is 8. The standard InChI is InChI=1S/C30H33N3O4.C29H37N3O4.C26H31N3O4.C26H33N3O4/c1-18(2)37-30(36)32-27-15-20(4)33(21(5)34)28-14-13-24(17-26(27)28)23-7-6-8-25(16-23)31-29(35)22-11-9-19(3)10-12-22;1-18(2)36-29(35)31-26-15-19(3)32(20(4)33)27-14-13-23(17-25(26)27)22-11-8-12-24(16-22)30-28(34)21-9-6-5-7-10-21;1-15(2)33-26(32)28-23-12-16(3)29(17(4)30)24-11-10-20(14-22(23)24)19-6-5-7-21(13-19)27-25(31)18-8-9-18;1-15(2)25(31)27-21-9-7-8-19(13-21)20-10-11-24-22(14-20)23(28-26(32)33-16(3)4)12-17(5)29(24)18(6)30/h6-14,16-18,20,27H,15H2,1-5H3,(H,31,35)(H,32,36);8,11-14,16-19,21,26H,5-7,9-10,15H2,1-4H3,(H,30,34)(H,31,35);5-7,10-11,13-16,18,23H,8-9,12H2,1-4H3,(H,27,31)(H,28,32);7-11,13-17,23H,12H2,1-6H3,(H,27,31)(H,28,32)/t20-,27+;19-,26+;16-,23+;17-,23+/m0000/s1. The molecule has 12 amide bonds. The number of rotatable bonds is 20. The van der Waals surface area contributed by atoms with E-state index < -0.39 is 24.4 Å². The van der Waals surface area contributed by atoms with E-state index in [4.69, 9.17) is 18.9 Å². The lowest BCUT2D eigenvalue weighted by Gasteiger charge is -2.39. The normalized spacial score (nSPS) is 18.4. The Bertz CT molecular complexity index is 5840. The Balaban J connectivity index is 0.000000166. The first-order valence-corrected chi connectivity index (χ1v) is 48.5. The topological polar surface area (TPSA) is 351 Å². The molecule has 734 valence electrons. The molecule has 8 atom stereocenters. The van der Waals surface area contributed by atoms with Gasteiger partial charge in [-0.3, -0.25) is 38.4 Å². The molecular formula is C111H134N12O16. The quantitative estimate of drug-likeness (QED) is 0.0329. The van der Waals surface area contributed by atoms with Crippen molar-refractivity contribution in [2.75, 3.05) is 40.9 Å². The summed E-state index contributed by atoms with van der Waals surface area (Å²) in [6.45, 7) is 34.3. The molecule has 0 radical (unpaired) electrons. The highest BCUT2D eigenvalue weighted by atomic mass is 16.6. The molecule has 2 saturated carbocycles. The van der Waals surface area contributed by atoms with Gasteiger partial charge < -0.3 is 81.1 Å². The van der Waals surface area contributed by atoms with E-state index in [-0.39, 0.29) is 138 Å². The maximum absolute atomic E-state index is 12.8. The van der Waals surface area contributed by atoms with Gasteiger partial charge in [-0.1, -0.05) is 124 Å². The van der Waals surface area contributed by atoms with Crippen LogP contribution >= 0.6 is 0 Å². The number of amides is 12. The highest BCUT2D eigenvalue weighted by molar-refractivity contribution is 6.05. The summed E-state index contributed by atoms with van der Waals surface area (Å²) < 4.78 is 21.2. The van der Waals surface area contributed by atoms with Gasteiger partial charge in [0.1, 0.15) is 0 Å². The maximum Gasteiger partial charge on any atom is 0.407 e. The highest BCUT2D eigenvalue weighted by Crippen LogP contribution is 2.46. The van der Waals surface area contributed by atoms with E-state index in [1.807, 2.05) is 258 Å². The van der Waals surface area contributed by atoms with Crippen LogP contribution in [0.15, 0.2) is 194 Å². The third kappa shape index (κ3) is 27.4. The van der Waals surface area contributed by atoms with Crippen LogP contribution in [0.1, 0.15) is 258 Å². The van der Waals surface area contributed by atoms with Crippen molar-refractivity contribution in [3.63, 3.8) is 0 Å². The van der Waals surface area contributed by atoms with Crippen LogP contribution in [0.2, 0.25) is 0 Å². The molecule has 9 aromatic rings. The van der Waals surface area contributed by atoms with Gasteiger partial charge in [0.25, 0.3) is 5.91 Å². The van der Waals surface area contributed by atoms with Crippen LogP contribution in [0.5, 0.6) is 0 Å². The summed E-state index contributed by atoms with van der Waals surface area (Å²) in [6, 6.07) is 60.4. The molecule has 4 aliphatic heterocycles. The summed E-state index contributed by atoms with van der Waals surface area (Å²) in [5.41, 5.74) is 18.7. The molecular weight excluding hydrogens is 1760 g/mol. The minimum atomic E-state index is -0.486. The molecule has 0 unspecified atom stereocenters. The molecule has 6 aliphatic rings. The third-order valence-corrected chi connectivity index (χ3v) is 25.2. The second kappa shape index (κ2) is 46.8. The van der Waals surface area contributed by atoms with Gasteiger partial charge in [-0.15, -0.1) is 0 Å². The molecule has 0 bridgehead atoms. The molecule has 0 saturated heterocycles. The number of carbonyl (C=O) groups excluding carboxylic acids is 12. The fourth-order valence-corrected chi connectivity index (χ4v) is 18.7. The Labute approximate surface area is 816 Å². The van der Waals surface area contributed by atoms with Crippen molar-refractivity contribution in [1.29, 1.82) is 0 Å². The van der Waals surface area contributed by atoms with E-state index in [1.54, 1.807) is 87.1 Å². The molecule has 9 aromatic carbocycles. The van der Waals surface area contributed by atoms with Crippen LogP contribution in [0.25, 0.3) is 44.5 Å². The van der Waals surface area contributed by atoms with Gasteiger partial charge in [0.15, 0.2) is 0 Å². The summed E-state index contributed by atoms with van der Waals surface area (Å²) >= 11 is 0. The number of nitrogens with zero attached hydrogens (tertiary/aromatic N) is 4. The van der Waals surface area contributed by atoms with Crippen LogP contribution in [0, 0.1) is 24.7 Å². The van der Waals surface area contributed by atoms with Gasteiger partial charge in [-0.2, -0.15) is 0 Å². The first-order valence-electron chi connectivity index (χ1n) is 48.5. The Morgan fingerprint density at radius 3 is 0.820 bits per heavy atom. The van der Waals surface area contributed by atoms with E-state index in [0.29, 0.717) is 36.9 Å². The lowest BCUT2D eigenvalue weighted by Crippen LogP contribution is -2.45. The van der Waals surface area contributed by atoms with Crippen molar-refractivity contribution in [3.05, 3.63) is 228 Å². The Hall–Kier alpha value is -14.2. The summed E-state index contributed by atoms with van der Waals surface area (Å²) in [7, 11) is 0. The van der Waals surface area contributed by atoms with Gasteiger partial charge in [0, 0.05) is 121 Å². The first kappa shape index (κ1) is 104. The molecule has 139 heavy (non-hydrogen) atoms. The van der Waals surface area contributed by atoms with Crippen molar-refractivity contribution >= 4 is 117 Å². The van der Waals surface area contributed by atoms with Gasteiger partial charge >= 0.3 is 24.4 Å². The zero-order chi connectivity index (χ0) is 100. The van der Waals surface area contributed by atoms with Crippen LogP contribution < -0.4 is 62.1 Å². The molecule has 2 aliphatic carbocycles. The maximum atomic E-state index is 12.8. The molecule has 0 aromatic heterocycles. The average molecular weight is 1890 g/mol. The second-order valence-corrected chi connectivity index (χ2v) is 38.5. The van der Waals surface area contributed by atoms with E-state index in [2.05, 4.69) is 42.5 Å². The monoisotopic (exact) mass is 1890 g/mol. The minimum Gasteiger partial charge on any atom is -0.447 e. The third-order valence-electron chi connectivity index (χ3n) is 25.2. The van der Waals surface area contributed by atoms with Crippen molar-refractivity contribution in [2.24, 2.45) is 17.8 Å². The number of aryl methyl sites for hydroxylation is 1. The Kier molecular flexibility index (Phi) is 34.9. The zero-order valence-electron chi connectivity index (χ0n) is 83.2. The summed E-state index contributed by atoms with van der Waals surface area (Å²) in [4.78, 5) is 156. The summed E-state index contributed by atoms with van der Waals surface area (Å²) in [5.74, 6) is -0.127. The van der Waals surface area contributed by atoms with Crippen LogP contribution in [0.4, 0.5) is 64.7 Å². The van der Waals surface area contributed by atoms with E-state index in [0.717, 1.165) is 151 Å². The van der Waals surface area contributed by atoms with Crippen LogP contribution in [0.3, 0.4) is 0 Å². The number of alkyl carbamates (subject to hydrolysis) is 4. The average Bonchev–Trinajstić information content (AvgIpc) is 1.41. The number of hydrogen-bond donors (Lipinski definition) is 8. The number of ether oxygens (including phenoxy) is 4. The van der Waals surface area contributed by atoms with Crippen molar-refractivity contribution in [3.8, 4) is 44.5 Å². The van der Waals surface area contributed by atoms with Gasteiger partial charge in [0.2, 0.25) is 41.4 Å². The minimum absolute atomic E-state index is 0.0351. The molecule has 0 spiro atoms. The fourth-order valence-electron chi connectivity index (χ4n) is 18.7. The van der Waals surface area contributed by atoms with Crippen molar-refractivity contribution < 1.29 is 76.5 Å². The number of hydrogen-bond acceptors (Lipinski definition) is 16. The van der Waals surface area contributed by atoms with Gasteiger partial charge in [-0.05, 0) is 317 Å². The number of carbonyl (C=O) groups is 12. The molecule has 15 rings (SSSR count). The summed E-state index contributed by atoms with van der Waals surface area (Å²) in [5, 5.41) is 23.9. The Morgan fingerprint density at radius 1 is 0.302 bits per heavy atom. The summed E-state index contributed by atoms with van der Waals surface area (Å²) in [6.07, 6.45) is 6.74. The van der Waals surface area contributed by atoms with Crippen molar-refractivity contribution in [2.45, 2.75) is 275 Å². The fraction of sp³-hybridized carbons (Fsp3) is 0.405. The van der Waals surface area contributed by atoms with E-state index in [1.165, 1.54) is 6.42 Å². The number of anilines is 8.